The molecule has 2 atom stereocenters. The van der Waals surface area contributed by atoms with E-state index in [1.165, 1.54) is 25.7 Å². The first-order valence-electron chi connectivity index (χ1n) is 10.9. The molecule has 7 heteroatoms. The number of hydrogen-bond donors (Lipinski definition) is 0. The van der Waals surface area contributed by atoms with E-state index in [-0.39, 0.29) is 17.6 Å². The lowest BCUT2D eigenvalue weighted by Gasteiger charge is -2.44. The number of piperidine rings is 1. The van der Waals surface area contributed by atoms with E-state index in [1.54, 1.807) is 4.31 Å². The van der Waals surface area contributed by atoms with Gasteiger partial charge >= 0.3 is 0 Å². The van der Waals surface area contributed by atoms with Crippen LogP contribution >= 0.6 is 0 Å². The first kappa shape index (κ1) is 21.1. The zero-order valence-electron chi connectivity index (χ0n) is 17.1. The second-order valence-corrected chi connectivity index (χ2v) is 11.1. The summed E-state index contributed by atoms with van der Waals surface area (Å²) in [6.45, 7) is 7.79. The third-order valence-corrected chi connectivity index (χ3v) is 8.65. The molecule has 2 heterocycles. The molecule has 0 bridgehead atoms. The molecule has 0 radical (unpaired) electrons. The van der Waals surface area contributed by atoms with Gasteiger partial charge in [0.05, 0.1) is 12.3 Å². The highest BCUT2D eigenvalue weighted by molar-refractivity contribution is 7.89. The van der Waals surface area contributed by atoms with Gasteiger partial charge in [-0.1, -0.05) is 26.7 Å². The van der Waals surface area contributed by atoms with Gasteiger partial charge in [-0.25, -0.2) is 12.7 Å². The lowest BCUT2D eigenvalue weighted by molar-refractivity contribution is -0.138. The number of carbonyl (C=O) groups excluding carboxylic acids is 1. The highest BCUT2D eigenvalue weighted by atomic mass is 32.2. The van der Waals surface area contributed by atoms with Crippen molar-refractivity contribution in [3.8, 4) is 0 Å². The molecule has 2 unspecified atom stereocenters. The van der Waals surface area contributed by atoms with Gasteiger partial charge < -0.3 is 4.90 Å². The highest BCUT2D eigenvalue weighted by Crippen LogP contribution is 2.35. The number of likely N-dealkylation sites (tertiary alicyclic amines) is 1. The lowest BCUT2D eigenvalue weighted by atomic mass is 9.78. The predicted molar refractivity (Wildman–Crippen MR) is 108 cm³/mol. The molecular formula is C20H37N3O3S. The third-order valence-electron chi connectivity index (χ3n) is 6.41. The van der Waals surface area contributed by atoms with E-state index in [9.17, 15) is 13.2 Å². The first-order chi connectivity index (χ1) is 12.9. The van der Waals surface area contributed by atoms with Gasteiger partial charge in [-0.15, -0.1) is 0 Å². The fraction of sp³-hybridized carbons (Fsp3) is 0.950. The minimum Gasteiger partial charge on any atom is -0.338 e. The average Bonchev–Trinajstić information content (AvgIpc) is 2.86. The van der Waals surface area contributed by atoms with E-state index >= 15 is 0 Å². The summed E-state index contributed by atoms with van der Waals surface area (Å²) >= 11 is 0. The molecule has 0 aromatic heterocycles. The first-order valence-corrected chi connectivity index (χ1v) is 12.5. The highest BCUT2D eigenvalue weighted by Gasteiger charge is 2.36. The quantitative estimate of drug-likeness (QED) is 0.711. The number of hydrogen-bond acceptors (Lipinski definition) is 4. The van der Waals surface area contributed by atoms with Crippen LogP contribution in [0.1, 0.15) is 58.8 Å². The van der Waals surface area contributed by atoms with Crippen LogP contribution < -0.4 is 0 Å². The Kier molecular flexibility index (Phi) is 7.20. The van der Waals surface area contributed by atoms with E-state index in [0.717, 1.165) is 32.4 Å². The molecule has 3 fully saturated rings. The van der Waals surface area contributed by atoms with Crippen molar-refractivity contribution in [1.29, 1.82) is 0 Å². The van der Waals surface area contributed by atoms with Gasteiger partial charge in [-0.2, -0.15) is 0 Å². The van der Waals surface area contributed by atoms with Crippen molar-refractivity contribution in [3.63, 3.8) is 0 Å². The minimum absolute atomic E-state index is 0.137. The van der Waals surface area contributed by atoms with Crippen molar-refractivity contribution in [2.24, 2.45) is 11.8 Å². The van der Waals surface area contributed by atoms with Gasteiger partial charge in [-0.3, -0.25) is 9.69 Å². The van der Waals surface area contributed by atoms with Crippen molar-refractivity contribution in [1.82, 2.24) is 14.1 Å². The van der Waals surface area contributed by atoms with Crippen LogP contribution in [0.2, 0.25) is 0 Å². The predicted octanol–water partition coefficient (Wildman–Crippen LogP) is 2.16. The topological polar surface area (TPSA) is 60.9 Å². The van der Waals surface area contributed by atoms with Crippen LogP contribution in [0, 0.1) is 11.8 Å². The normalized spacial score (nSPS) is 28.8. The van der Waals surface area contributed by atoms with Gasteiger partial charge in [-0.05, 0) is 50.5 Å². The van der Waals surface area contributed by atoms with Crippen molar-refractivity contribution in [2.75, 3.05) is 45.0 Å². The molecule has 3 aliphatic rings. The smallest absolute Gasteiger partial charge is 0.237 e. The molecule has 1 aliphatic carbocycles. The van der Waals surface area contributed by atoms with E-state index in [4.69, 9.17) is 0 Å². The van der Waals surface area contributed by atoms with Gasteiger partial charge in [0, 0.05) is 32.2 Å². The Morgan fingerprint density at radius 1 is 0.926 bits per heavy atom. The molecule has 1 amide bonds. The fourth-order valence-electron chi connectivity index (χ4n) is 5.13. The molecule has 0 aromatic carbocycles. The number of amides is 1. The molecule has 0 aromatic rings. The molecule has 2 saturated heterocycles. The maximum absolute atomic E-state index is 13.0. The Morgan fingerprint density at radius 3 is 2.44 bits per heavy atom. The second kappa shape index (κ2) is 9.23. The van der Waals surface area contributed by atoms with Gasteiger partial charge in [0.25, 0.3) is 0 Å². The zero-order chi connectivity index (χ0) is 19.4. The Labute approximate surface area is 165 Å². The van der Waals surface area contributed by atoms with Crippen molar-refractivity contribution in [3.05, 3.63) is 0 Å². The Balaban J connectivity index is 1.54. The Morgan fingerprint density at radius 2 is 1.67 bits per heavy atom. The van der Waals surface area contributed by atoms with Crippen LogP contribution in [-0.4, -0.2) is 79.5 Å². The van der Waals surface area contributed by atoms with Crippen LogP contribution in [0.25, 0.3) is 0 Å². The largest absolute Gasteiger partial charge is 0.338 e. The number of fused-ring (bicyclic) bond motifs is 1. The summed E-state index contributed by atoms with van der Waals surface area (Å²) in [5, 5.41) is 0. The zero-order valence-corrected chi connectivity index (χ0v) is 17.9. The van der Waals surface area contributed by atoms with Crippen molar-refractivity contribution < 1.29 is 13.2 Å². The van der Waals surface area contributed by atoms with Gasteiger partial charge in [0.15, 0.2) is 0 Å². The third kappa shape index (κ3) is 5.45. The van der Waals surface area contributed by atoms with Crippen molar-refractivity contribution in [2.45, 2.75) is 64.8 Å². The lowest BCUT2D eigenvalue weighted by Crippen LogP contribution is -2.52. The van der Waals surface area contributed by atoms with Crippen LogP contribution in [-0.2, 0) is 14.8 Å². The molecule has 0 N–H and O–H groups in total. The van der Waals surface area contributed by atoms with Crippen molar-refractivity contribution >= 4 is 15.9 Å². The van der Waals surface area contributed by atoms with Crippen LogP contribution in [0.5, 0.6) is 0 Å². The summed E-state index contributed by atoms with van der Waals surface area (Å²) in [4.78, 5) is 17.3. The Hall–Kier alpha value is -0.660. The molecule has 0 spiro atoms. The summed E-state index contributed by atoms with van der Waals surface area (Å²) in [6.07, 6.45) is 8.22. The van der Waals surface area contributed by atoms with E-state index < -0.39 is 10.0 Å². The molecule has 3 rings (SSSR count). The SMILES string of the molecule is CC(C)CS(=O)(=O)N1CCCN(CC(=O)N2CCCC3CCCCC32)CC1. The summed E-state index contributed by atoms with van der Waals surface area (Å²) in [5.41, 5.74) is 0. The number of carbonyl (C=O) groups is 1. The van der Waals surface area contributed by atoms with Gasteiger partial charge in [0.1, 0.15) is 0 Å². The maximum Gasteiger partial charge on any atom is 0.237 e. The molecule has 2 aliphatic heterocycles. The van der Waals surface area contributed by atoms with E-state index in [2.05, 4.69) is 9.80 Å². The summed E-state index contributed by atoms with van der Waals surface area (Å²) < 4.78 is 26.7. The van der Waals surface area contributed by atoms with E-state index in [0.29, 0.717) is 38.1 Å². The summed E-state index contributed by atoms with van der Waals surface area (Å²) in [7, 11) is -3.18. The monoisotopic (exact) mass is 399 g/mol. The number of nitrogens with zero attached hydrogens (tertiary/aromatic N) is 3. The molecular weight excluding hydrogens is 362 g/mol. The Bertz CT molecular complexity index is 606. The minimum atomic E-state index is -3.18. The molecule has 156 valence electrons. The second-order valence-electron chi connectivity index (χ2n) is 9.04. The van der Waals surface area contributed by atoms with E-state index in [1.807, 2.05) is 13.8 Å². The average molecular weight is 400 g/mol. The van der Waals surface area contributed by atoms with Crippen LogP contribution in [0.15, 0.2) is 0 Å². The molecule has 6 nitrogen and oxygen atoms in total. The fourth-order valence-corrected chi connectivity index (χ4v) is 6.95. The maximum atomic E-state index is 13.0. The molecule has 1 saturated carbocycles. The number of rotatable bonds is 5. The molecule has 27 heavy (non-hydrogen) atoms. The summed E-state index contributed by atoms with van der Waals surface area (Å²) in [6, 6.07) is 0.454. The number of sulfonamides is 1. The van der Waals surface area contributed by atoms with Crippen LogP contribution in [0.3, 0.4) is 0 Å². The van der Waals surface area contributed by atoms with Gasteiger partial charge in [0.2, 0.25) is 15.9 Å². The standard InChI is InChI=1S/C20H37N3O3S/c1-17(2)16-27(25,26)22-11-6-10-21(13-14-22)15-20(24)23-12-5-8-18-7-3-4-9-19(18)23/h17-19H,3-16H2,1-2H3. The van der Waals surface area contributed by atoms with Crippen LogP contribution in [0.4, 0.5) is 0 Å². The summed E-state index contributed by atoms with van der Waals surface area (Å²) in [5.74, 6) is 1.31.